The molecule has 0 bridgehead atoms. The normalized spacial score (nSPS) is 17.5. The van der Waals surface area contributed by atoms with Crippen LogP contribution in [0, 0.1) is 11.2 Å². The second-order valence-corrected chi connectivity index (χ2v) is 10.7. The summed E-state index contributed by atoms with van der Waals surface area (Å²) in [6.45, 7) is 10.9. The first-order valence-electron chi connectivity index (χ1n) is 12.4. The summed E-state index contributed by atoms with van der Waals surface area (Å²) in [5, 5.41) is 15.0. The Hall–Kier alpha value is -3.33. The Labute approximate surface area is 210 Å². The number of hydrogen-bond acceptors (Lipinski definition) is 5. The molecule has 8 nitrogen and oxygen atoms in total. The highest BCUT2D eigenvalue weighted by Gasteiger charge is 2.35. The van der Waals surface area contributed by atoms with Crippen LogP contribution in [0.2, 0.25) is 0 Å². The van der Waals surface area contributed by atoms with Crippen molar-refractivity contribution in [2.45, 2.75) is 59.6 Å². The number of hydrogen-bond donors (Lipinski definition) is 1. The van der Waals surface area contributed by atoms with Gasteiger partial charge in [0.1, 0.15) is 17.6 Å². The lowest BCUT2D eigenvalue weighted by Crippen LogP contribution is -2.57. The summed E-state index contributed by atoms with van der Waals surface area (Å²) in [5.74, 6) is -0.826. The fraction of sp³-hybridized carbons (Fsp3) is 0.481. The summed E-state index contributed by atoms with van der Waals surface area (Å²) < 4.78 is 15.0. The molecule has 192 valence electrons. The standard InChI is InChI=1S/C27H34FN5O3/c1-6-18-13-21(19-7-9-20(28)10-8-19)30-33-16-22(29-24(18)33)25(35)31-11-12-32(17(2)15-31)26(36)23(34)14-27(3,4)5/h7-10,13,16-17,23,34H,6,11-12,14-15H2,1-5H3/t17-,23+/m0/s1. The van der Waals surface area contributed by atoms with Crippen molar-refractivity contribution in [3.05, 3.63) is 53.6 Å². The lowest BCUT2D eigenvalue weighted by molar-refractivity contribution is -0.145. The maximum absolute atomic E-state index is 13.4. The van der Waals surface area contributed by atoms with E-state index in [1.54, 1.807) is 32.6 Å². The predicted octanol–water partition coefficient (Wildman–Crippen LogP) is 3.57. The van der Waals surface area contributed by atoms with E-state index in [1.165, 1.54) is 12.1 Å². The number of nitrogens with zero attached hydrogens (tertiary/aromatic N) is 5. The molecule has 0 unspecified atom stereocenters. The Bertz CT molecular complexity index is 1260. The van der Waals surface area contributed by atoms with Gasteiger partial charge in [-0.3, -0.25) is 9.59 Å². The molecule has 1 aliphatic rings. The number of fused-ring (bicyclic) bond motifs is 1. The van der Waals surface area contributed by atoms with Gasteiger partial charge in [-0.2, -0.15) is 5.10 Å². The van der Waals surface area contributed by atoms with Crippen LogP contribution in [-0.2, 0) is 11.2 Å². The van der Waals surface area contributed by atoms with Gasteiger partial charge in [0.2, 0.25) is 0 Å². The predicted molar refractivity (Wildman–Crippen MR) is 135 cm³/mol. The smallest absolute Gasteiger partial charge is 0.274 e. The molecule has 2 aromatic heterocycles. The highest BCUT2D eigenvalue weighted by molar-refractivity contribution is 5.93. The van der Waals surface area contributed by atoms with Gasteiger partial charge >= 0.3 is 0 Å². The van der Waals surface area contributed by atoms with Gasteiger partial charge in [0.05, 0.1) is 11.9 Å². The lowest BCUT2D eigenvalue weighted by Gasteiger charge is -2.40. The van der Waals surface area contributed by atoms with Crippen LogP contribution in [0.5, 0.6) is 0 Å². The molecule has 1 aliphatic heterocycles. The summed E-state index contributed by atoms with van der Waals surface area (Å²) in [4.78, 5) is 34.1. The van der Waals surface area contributed by atoms with Crippen LogP contribution >= 0.6 is 0 Å². The number of aromatic nitrogens is 3. The third-order valence-electron chi connectivity index (χ3n) is 6.53. The molecular weight excluding hydrogens is 461 g/mol. The fourth-order valence-electron chi connectivity index (χ4n) is 4.66. The average Bonchev–Trinajstić information content (AvgIpc) is 3.26. The van der Waals surface area contributed by atoms with Gasteiger partial charge in [0.25, 0.3) is 11.8 Å². The Kier molecular flexibility index (Phi) is 7.13. The van der Waals surface area contributed by atoms with Gasteiger partial charge in [-0.1, -0.05) is 27.7 Å². The van der Waals surface area contributed by atoms with E-state index in [9.17, 15) is 19.1 Å². The number of aliphatic hydroxyl groups is 1. The molecule has 36 heavy (non-hydrogen) atoms. The van der Waals surface area contributed by atoms with E-state index < -0.39 is 6.10 Å². The number of amides is 2. The van der Waals surface area contributed by atoms with E-state index >= 15 is 0 Å². The molecule has 3 heterocycles. The van der Waals surface area contributed by atoms with Crippen molar-refractivity contribution in [3.8, 4) is 11.3 Å². The maximum Gasteiger partial charge on any atom is 0.274 e. The first kappa shape index (κ1) is 25.8. The summed E-state index contributed by atoms with van der Waals surface area (Å²) in [5.41, 5.74) is 3.11. The second-order valence-electron chi connectivity index (χ2n) is 10.7. The van der Waals surface area contributed by atoms with E-state index in [-0.39, 0.29) is 34.8 Å². The van der Waals surface area contributed by atoms with Crippen LogP contribution in [0.4, 0.5) is 4.39 Å². The summed E-state index contributed by atoms with van der Waals surface area (Å²) >= 11 is 0. The van der Waals surface area contributed by atoms with Crippen LogP contribution in [-0.4, -0.2) is 73.1 Å². The molecule has 0 spiro atoms. The SMILES string of the molecule is CCc1cc(-c2ccc(F)cc2)nn2cc(C(=O)N3CCN(C(=O)[C@H](O)CC(C)(C)C)[C@@H](C)C3)nc12. The van der Waals surface area contributed by atoms with E-state index in [1.807, 2.05) is 40.7 Å². The first-order chi connectivity index (χ1) is 17.0. The Morgan fingerprint density at radius 1 is 1.19 bits per heavy atom. The third kappa shape index (κ3) is 5.41. The molecule has 9 heteroatoms. The van der Waals surface area contributed by atoms with E-state index in [4.69, 9.17) is 0 Å². The molecule has 1 aromatic carbocycles. The molecule has 1 saturated heterocycles. The minimum atomic E-state index is -1.05. The zero-order chi connectivity index (χ0) is 26.2. The number of carbonyl (C=O) groups excluding carboxylic acids is 2. The van der Waals surface area contributed by atoms with Crippen molar-refractivity contribution in [3.63, 3.8) is 0 Å². The molecule has 2 atom stereocenters. The summed E-state index contributed by atoms with van der Waals surface area (Å²) in [6, 6.07) is 7.82. The molecule has 2 amide bonds. The Balaban J connectivity index is 1.52. The number of carbonyl (C=O) groups is 2. The number of rotatable bonds is 5. The lowest BCUT2D eigenvalue weighted by atomic mass is 9.88. The van der Waals surface area contributed by atoms with Crippen molar-refractivity contribution in [1.82, 2.24) is 24.4 Å². The fourth-order valence-corrected chi connectivity index (χ4v) is 4.66. The summed E-state index contributed by atoms with van der Waals surface area (Å²) in [6.07, 6.45) is 1.65. The van der Waals surface area contributed by atoms with Gasteiger partial charge < -0.3 is 14.9 Å². The van der Waals surface area contributed by atoms with Crippen LogP contribution in [0.3, 0.4) is 0 Å². The molecule has 0 radical (unpaired) electrons. The Morgan fingerprint density at radius 2 is 1.89 bits per heavy atom. The van der Waals surface area contributed by atoms with Crippen LogP contribution < -0.4 is 0 Å². The third-order valence-corrected chi connectivity index (χ3v) is 6.53. The quantitative estimate of drug-likeness (QED) is 0.584. The number of benzene rings is 1. The highest BCUT2D eigenvalue weighted by atomic mass is 19.1. The van der Waals surface area contributed by atoms with Crippen molar-refractivity contribution >= 4 is 17.5 Å². The van der Waals surface area contributed by atoms with Crippen molar-refractivity contribution in [1.29, 1.82) is 0 Å². The molecule has 1 fully saturated rings. The Morgan fingerprint density at radius 3 is 2.50 bits per heavy atom. The van der Waals surface area contributed by atoms with Gasteiger partial charge in [0, 0.05) is 31.2 Å². The largest absolute Gasteiger partial charge is 0.383 e. The zero-order valence-electron chi connectivity index (χ0n) is 21.5. The van der Waals surface area contributed by atoms with Crippen LogP contribution in [0.15, 0.2) is 36.5 Å². The number of aliphatic hydroxyl groups excluding tert-OH is 1. The minimum absolute atomic E-state index is 0.166. The minimum Gasteiger partial charge on any atom is -0.383 e. The topological polar surface area (TPSA) is 91.0 Å². The molecule has 0 aliphatic carbocycles. The van der Waals surface area contributed by atoms with Crippen LogP contribution in [0.25, 0.3) is 16.9 Å². The van der Waals surface area contributed by atoms with Gasteiger partial charge in [-0.25, -0.2) is 13.9 Å². The van der Waals surface area contributed by atoms with E-state index in [2.05, 4.69) is 10.1 Å². The van der Waals surface area contributed by atoms with Crippen molar-refractivity contribution in [2.24, 2.45) is 5.41 Å². The summed E-state index contributed by atoms with van der Waals surface area (Å²) in [7, 11) is 0. The number of imidazole rings is 1. The number of halogens is 1. The molecule has 0 saturated carbocycles. The van der Waals surface area contributed by atoms with Crippen molar-refractivity contribution in [2.75, 3.05) is 19.6 Å². The van der Waals surface area contributed by atoms with Gasteiger partial charge in [-0.15, -0.1) is 0 Å². The van der Waals surface area contributed by atoms with Gasteiger partial charge in [0.15, 0.2) is 5.65 Å². The molecular formula is C27H34FN5O3. The number of aryl methyl sites for hydroxylation is 1. The van der Waals surface area contributed by atoms with Crippen molar-refractivity contribution < 1.29 is 19.1 Å². The molecule has 1 N–H and O–H groups in total. The van der Waals surface area contributed by atoms with Gasteiger partial charge in [-0.05, 0) is 61.1 Å². The van der Waals surface area contributed by atoms with E-state index in [0.29, 0.717) is 43.8 Å². The molecule has 3 aromatic rings. The zero-order valence-corrected chi connectivity index (χ0v) is 21.5. The van der Waals surface area contributed by atoms with E-state index in [0.717, 1.165) is 11.1 Å². The highest BCUT2D eigenvalue weighted by Crippen LogP contribution is 2.24. The second kappa shape index (κ2) is 9.97. The monoisotopic (exact) mass is 495 g/mol. The molecule has 4 rings (SSSR count). The maximum atomic E-state index is 13.4. The van der Waals surface area contributed by atoms with Crippen LogP contribution in [0.1, 0.15) is 57.1 Å². The first-order valence-corrected chi connectivity index (χ1v) is 12.4. The average molecular weight is 496 g/mol. The number of piperazine rings is 1.